The number of hydrogen-bond acceptors (Lipinski definition) is 4. The lowest BCUT2D eigenvalue weighted by Gasteiger charge is -2.07. The first-order valence-corrected chi connectivity index (χ1v) is 4.64. The topological polar surface area (TPSA) is 78.0 Å². The highest BCUT2D eigenvalue weighted by atomic mass is 35.5. The van der Waals surface area contributed by atoms with Gasteiger partial charge in [-0.05, 0) is 13.3 Å². The van der Waals surface area contributed by atoms with E-state index in [1.807, 2.05) is 0 Å². The molecule has 0 radical (unpaired) electrons. The van der Waals surface area contributed by atoms with Crippen molar-refractivity contribution in [1.82, 2.24) is 10.2 Å². The van der Waals surface area contributed by atoms with Gasteiger partial charge in [0.05, 0.1) is 18.0 Å². The molecule has 5 nitrogen and oxygen atoms in total. The van der Waals surface area contributed by atoms with E-state index in [1.54, 1.807) is 6.92 Å². The highest BCUT2D eigenvalue weighted by molar-refractivity contribution is 6.32. The number of aromatic amines is 1. The maximum absolute atomic E-state index is 11.0. The van der Waals surface area contributed by atoms with Gasteiger partial charge in [-0.3, -0.25) is 4.79 Å². The van der Waals surface area contributed by atoms with Crippen LogP contribution in [0.5, 0.6) is 0 Å². The molecule has 1 heterocycles. The fraction of sp³-hybridized carbons (Fsp3) is 0.500. The van der Waals surface area contributed by atoms with Crippen molar-refractivity contribution < 1.29 is 5.11 Å². The van der Waals surface area contributed by atoms with Gasteiger partial charge in [-0.15, -0.1) is 0 Å². The summed E-state index contributed by atoms with van der Waals surface area (Å²) in [6.45, 7) is 2.24. The van der Waals surface area contributed by atoms with Gasteiger partial charge < -0.3 is 10.4 Å². The van der Waals surface area contributed by atoms with Gasteiger partial charge in [0.1, 0.15) is 5.02 Å². The number of aliphatic hydroxyl groups excluding tert-OH is 1. The van der Waals surface area contributed by atoms with Crippen LogP contribution in [-0.4, -0.2) is 28.0 Å². The molecule has 1 aromatic heterocycles. The molecule has 0 aliphatic heterocycles. The van der Waals surface area contributed by atoms with Gasteiger partial charge in [0.15, 0.2) is 0 Å². The molecular formula is C8H12ClN3O2. The number of nitrogens with one attached hydrogen (secondary N) is 2. The lowest BCUT2D eigenvalue weighted by molar-refractivity contribution is 0.189. The van der Waals surface area contributed by atoms with Gasteiger partial charge in [-0.25, -0.2) is 5.10 Å². The molecule has 78 valence electrons. The molecule has 3 N–H and O–H groups in total. The summed E-state index contributed by atoms with van der Waals surface area (Å²) in [4.78, 5) is 11.0. The SMILES string of the molecule is C[C@H](O)CCNc1cn[nH]c(=O)c1Cl. The first kappa shape index (κ1) is 11.0. The molecule has 0 bridgehead atoms. The van der Waals surface area contributed by atoms with E-state index in [4.69, 9.17) is 16.7 Å². The molecule has 0 amide bonds. The van der Waals surface area contributed by atoms with Crippen LogP contribution < -0.4 is 10.9 Å². The molecule has 0 aromatic carbocycles. The Balaban J connectivity index is 2.59. The van der Waals surface area contributed by atoms with Crippen LogP contribution in [0.25, 0.3) is 0 Å². The molecule has 1 rings (SSSR count). The van der Waals surface area contributed by atoms with E-state index in [1.165, 1.54) is 6.20 Å². The van der Waals surface area contributed by atoms with Crippen LogP contribution >= 0.6 is 11.6 Å². The summed E-state index contributed by atoms with van der Waals surface area (Å²) in [7, 11) is 0. The van der Waals surface area contributed by atoms with Crippen LogP contribution in [-0.2, 0) is 0 Å². The fourth-order valence-corrected chi connectivity index (χ4v) is 1.08. The molecule has 0 aliphatic rings. The Bertz CT molecular complexity index is 351. The third-order valence-corrected chi connectivity index (χ3v) is 2.05. The second-order valence-corrected chi connectivity index (χ2v) is 3.37. The quantitative estimate of drug-likeness (QED) is 0.691. The number of anilines is 1. The van der Waals surface area contributed by atoms with Crippen LogP contribution in [0, 0.1) is 0 Å². The number of H-pyrrole nitrogens is 1. The van der Waals surface area contributed by atoms with Crippen molar-refractivity contribution in [1.29, 1.82) is 0 Å². The molecule has 0 spiro atoms. The van der Waals surface area contributed by atoms with E-state index in [0.717, 1.165) is 0 Å². The standard InChI is InChI=1S/C8H12ClN3O2/c1-5(13)2-3-10-6-4-11-12-8(14)7(6)9/h4-5,13H,2-3H2,1H3,(H2,10,12,14)/t5-/m0/s1. The van der Waals surface area contributed by atoms with Gasteiger partial charge in [-0.2, -0.15) is 5.10 Å². The number of aliphatic hydroxyl groups is 1. The van der Waals surface area contributed by atoms with E-state index in [9.17, 15) is 4.79 Å². The van der Waals surface area contributed by atoms with Gasteiger partial charge in [0, 0.05) is 6.54 Å². The highest BCUT2D eigenvalue weighted by Gasteiger charge is 2.04. The summed E-state index contributed by atoms with van der Waals surface area (Å²) >= 11 is 5.70. The van der Waals surface area contributed by atoms with E-state index in [0.29, 0.717) is 18.7 Å². The number of aromatic nitrogens is 2. The zero-order valence-corrected chi connectivity index (χ0v) is 8.51. The normalized spacial score (nSPS) is 12.5. The minimum Gasteiger partial charge on any atom is -0.393 e. The third-order valence-electron chi connectivity index (χ3n) is 1.67. The van der Waals surface area contributed by atoms with Crippen molar-refractivity contribution >= 4 is 17.3 Å². The molecule has 0 saturated heterocycles. The van der Waals surface area contributed by atoms with E-state index >= 15 is 0 Å². The summed E-state index contributed by atoms with van der Waals surface area (Å²) in [5.41, 5.74) is 0.0600. The summed E-state index contributed by atoms with van der Waals surface area (Å²) in [6, 6.07) is 0. The van der Waals surface area contributed by atoms with Gasteiger partial charge in [0.25, 0.3) is 5.56 Å². The van der Waals surface area contributed by atoms with Crippen molar-refractivity contribution in [2.24, 2.45) is 0 Å². The van der Waals surface area contributed by atoms with Crippen LogP contribution in [0.4, 0.5) is 5.69 Å². The van der Waals surface area contributed by atoms with E-state index in [2.05, 4.69) is 15.5 Å². The lowest BCUT2D eigenvalue weighted by Crippen LogP contribution is -2.14. The molecule has 6 heteroatoms. The Morgan fingerprint density at radius 1 is 1.79 bits per heavy atom. The van der Waals surface area contributed by atoms with Crippen molar-refractivity contribution in [2.75, 3.05) is 11.9 Å². The molecule has 1 aromatic rings. The van der Waals surface area contributed by atoms with Gasteiger partial charge in [-0.1, -0.05) is 11.6 Å². The zero-order valence-electron chi connectivity index (χ0n) is 7.75. The number of halogens is 1. The zero-order chi connectivity index (χ0) is 10.6. The summed E-state index contributed by atoms with van der Waals surface area (Å²) in [6.07, 6.45) is 1.64. The molecule has 0 aliphatic carbocycles. The summed E-state index contributed by atoms with van der Waals surface area (Å²) < 4.78 is 0. The first-order valence-electron chi connectivity index (χ1n) is 4.26. The van der Waals surface area contributed by atoms with Crippen molar-refractivity contribution in [2.45, 2.75) is 19.4 Å². The van der Waals surface area contributed by atoms with Crippen LogP contribution in [0.1, 0.15) is 13.3 Å². The maximum Gasteiger partial charge on any atom is 0.285 e. The van der Waals surface area contributed by atoms with Crippen molar-refractivity contribution in [3.05, 3.63) is 21.6 Å². The molecule has 0 unspecified atom stereocenters. The minimum absolute atomic E-state index is 0.0885. The van der Waals surface area contributed by atoms with Gasteiger partial charge >= 0.3 is 0 Å². The minimum atomic E-state index is -0.422. The first-order chi connectivity index (χ1) is 6.61. The van der Waals surface area contributed by atoms with Crippen molar-refractivity contribution in [3.63, 3.8) is 0 Å². The summed E-state index contributed by atoms with van der Waals surface area (Å²) in [5, 5.41) is 17.8. The van der Waals surface area contributed by atoms with Gasteiger partial charge in [0.2, 0.25) is 0 Å². The van der Waals surface area contributed by atoms with E-state index < -0.39 is 5.56 Å². The average molecular weight is 218 g/mol. The largest absolute Gasteiger partial charge is 0.393 e. The molecule has 1 atom stereocenters. The maximum atomic E-state index is 11.0. The van der Waals surface area contributed by atoms with E-state index in [-0.39, 0.29) is 11.1 Å². The fourth-order valence-electron chi connectivity index (χ4n) is 0.922. The third kappa shape index (κ3) is 3.01. The predicted octanol–water partition coefficient (Wildman–Crippen LogP) is 0.606. The Hall–Kier alpha value is -1.07. The lowest BCUT2D eigenvalue weighted by atomic mass is 10.3. The average Bonchev–Trinajstić information content (AvgIpc) is 2.12. The monoisotopic (exact) mass is 217 g/mol. The highest BCUT2D eigenvalue weighted by Crippen LogP contribution is 2.13. The second kappa shape index (κ2) is 4.97. The Labute approximate surface area is 86.1 Å². The number of hydrogen-bond donors (Lipinski definition) is 3. The van der Waals surface area contributed by atoms with Crippen LogP contribution in [0.3, 0.4) is 0 Å². The number of rotatable bonds is 4. The Kier molecular flexibility index (Phi) is 3.91. The Morgan fingerprint density at radius 2 is 2.50 bits per heavy atom. The smallest absolute Gasteiger partial charge is 0.285 e. The summed E-state index contributed by atoms with van der Waals surface area (Å²) in [5.74, 6) is 0. The van der Waals surface area contributed by atoms with Crippen molar-refractivity contribution in [3.8, 4) is 0 Å². The Morgan fingerprint density at radius 3 is 3.14 bits per heavy atom. The molecule has 0 saturated carbocycles. The molecule has 0 fully saturated rings. The van der Waals surface area contributed by atoms with Crippen LogP contribution in [0.2, 0.25) is 5.02 Å². The molecule has 14 heavy (non-hydrogen) atoms. The number of nitrogens with zero attached hydrogens (tertiary/aromatic N) is 1. The molecular weight excluding hydrogens is 206 g/mol. The van der Waals surface area contributed by atoms with Crippen LogP contribution in [0.15, 0.2) is 11.0 Å². The second-order valence-electron chi connectivity index (χ2n) is 2.99. The predicted molar refractivity (Wildman–Crippen MR) is 54.7 cm³/mol.